The van der Waals surface area contributed by atoms with Crippen LogP contribution in [0.25, 0.3) is 17.0 Å². The fourth-order valence-electron chi connectivity index (χ4n) is 2.48. The van der Waals surface area contributed by atoms with Crippen LogP contribution in [0.5, 0.6) is 0 Å². The van der Waals surface area contributed by atoms with Crippen LogP contribution in [0.2, 0.25) is 23.3 Å². The van der Waals surface area contributed by atoms with Gasteiger partial charge in [0.15, 0.2) is 5.65 Å². The third-order valence-corrected chi connectivity index (χ3v) is 10.6. The zero-order valence-electron chi connectivity index (χ0n) is 14.8. The Morgan fingerprint density at radius 2 is 1.88 bits per heavy atom. The van der Waals surface area contributed by atoms with Crippen molar-refractivity contribution >= 4 is 25.3 Å². The lowest BCUT2D eigenvalue weighted by molar-refractivity contribution is 0.714. The monoisotopic (exact) mass is 358 g/mol. The number of nitrogens with zero attached hydrogens (tertiary/aromatic N) is 4. The molecule has 0 aliphatic rings. The summed E-state index contributed by atoms with van der Waals surface area (Å²) in [5, 5.41) is 5.05. The Labute approximate surface area is 148 Å². The van der Waals surface area contributed by atoms with Crippen molar-refractivity contribution in [2.75, 3.05) is 0 Å². The molecular formula is C18H23ClN4Si. The molecule has 0 aromatic carbocycles. The highest BCUT2D eigenvalue weighted by Gasteiger charge is 2.34. The zero-order chi connectivity index (χ0) is 17.5. The third-order valence-electron chi connectivity index (χ3n) is 5.05. The summed E-state index contributed by atoms with van der Waals surface area (Å²) in [6, 6.07) is 9.01. The molecule has 0 fully saturated rings. The maximum atomic E-state index is 5.94. The van der Waals surface area contributed by atoms with Crippen molar-refractivity contribution in [2.45, 2.75) is 44.9 Å². The Morgan fingerprint density at radius 3 is 2.58 bits per heavy atom. The molecule has 126 valence electrons. The van der Waals surface area contributed by atoms with E-state index in [2.05, 4.69) is 61.1 Å². The predicted octanol–water partition coefficient (Wildman–Crippen LogP) is 5.03. The molecule has 3 aromatic rings. The number of halogens is 1. The van der Waals surface area contributed by atoms with E-state index in [1.165, 1.54) is 5.56 Å². The molecule has 3 rings (SSSR count). The second kappa shape index (κ2) is 5.97. The van der Waals surface area contributed by atoms with E-state index in [4.69, 9.17) is 11.6 Å². The predicted molar refractivity (Wildman–Crippen MR) is 102 cm³/mol. The van der Waals surface area contributed by atoms with E-state index in [0.29, 0.717) is 10.2 Å². The molecule has 4 nitrogen and oxygen atoms in total. The van der Waals surface area contributed by atoms with Gasteiger partial charge in [0.25, 0.3) is 0 Å². The number of hydrogen-bond donors (Lipinski definition) is 0. The third kappa shape index (κ3) is 3.37. The lowest BCUT2D eigenvalue weighted by Crippen LogP contribution is -2.39. The highest BCUT2D eigenvalue weighted by molar-refractivity contribution is 6.79. The summed E-state index contributed by atoms with van der Waals surface area (Å²) in [5.41, 5.74) is 3.80. The van der Waals surface area contributed by atoms with Crippen molar-refractivity contribution in [3.8, 4) is 11.4 Å². The molecule has 0 N–H and O–H groups in total. The molecule has 6 heteroatoms. The van der Waals surface area contributed by atoms with Crippen LogP contribution < -0.4 is 0 Å². The van der Waals surface area contributed by atoms with Gasteiger partial charge < -0.3 is 0 Å². The summed E-state index contributed by atoms with van der Waals surface area (Å²) < 4.78 is 1.69. The average Bonchev–Trinajstić information content (AvgIpc) is 2.89. The molecular weight excluding hydrogens is 336 g/mol. The van der Waals surface area contributed by atoms with Gasteiger partial charge in [0, 0.05) is 6.20 Å². The van der Waals surface area contributed by atoms with E-state index in [9.17, 15) is 0 Å². The van der Waals surface area contributed by atoms with Crippen molar-refractivity contribution in [1.29, 1.82) is 0 Å². The number of imidazole rings is 1. The average molecular weight is 359 g/mol. The molecule has 0 aliphatic carbocycles. The van der Waals surface area contributed by atoms with E-state index in [0.717, 1.165) is 23.1 Å². The second-order valence-electron chi connectivity index (χ2n) is 7.94. The van der Waals surface area contributed by atoms with E-state index in [-0.39, 0.29) is 0 Å². The maximum absolute atomic E-state index is 5.94. The molecule has 0 radical (unpaired) electrons. The molecule has 3 heterocycles. The largest absolute Gasteiger partial charge is 0.255 e. The number of aromatic nitrogens is 4. The molecule has 0 atom stereocenters. The van der Waals surface area contributed by atoms with Crippen LogP contribution in [0.15, 0.2) is 36.7 Å². The van der Waals surface area contributed by atoms with Gasteiger partial charge in [-0.1, -0.05) is 45.5 Å². The van der Waals surface area contributed by atoms with Crippen LogP contribution in [0.3, 0.4) is 0 Å². The molecule has 0 unspecified atom stereocenters. The Bertz CT molecular complexity index is 880. The van der Waals surface area contributed by atoms with Gasteiger partial charge in [-0.05, 0) is 40.9 Å². The minimum Gasteiger partial charge on any atom is -0.255 e. The van der Waals surface area contributed by atoms with Gasteiger partial charge in [-0.3, -0.25) is 4.98 Å². The summed E-state index contributed by atoms with van der Waals surface area (Å²) in [7, 11) is -1.39. The van der Waals surface area contributed by atoms with E-state index in [1.807, 2.05) is 18.5 Å². The second-order valence-corrected chi connectivity index (χ2v) is 14.0. The lowest BCUT2D eigenvalue weighted by atomic mass is 10.2. The SMILES string of the molecule is CC(C)(C)[Si](C)(C)Cc1ccnc(-c2cn3nc(Cl)ccc3n2)c1. The van der Waals surface area contributed by atoms with Gasteiger partial charge in [-0.15, -0.1) is 0 Å². The van der Waals surface area contributed by atoms with Crippen LogP contribution in [0.1, 0.15) is 26.3 Å². The van der Waals surface area contributed by atoms with Crippen LogP contribution in [0, 0.1) is 0 Å². The van der Waals surface area contributed by atoms with Crippen LogP contribution in [-0.2, 0) is 6.04 Å². The first-order valence-electron chi connectivity index (χ1n) is 8.13. The fraction of sp³-hybridized carbons (Fsp3) is 0.389. The summed E-state index contributed by atoms with van der Waals surface area (Å²) in [6.45, 7) is 11.9. The van der Waals surface area contributed by atoms with E-state index in [1.54, 1.807) is 10.6 Å². The number of pyridine rings is 1. The van der Waals surface area contributed by atoms with Gasteiger partial charge >= 0.3 is 0 Å². The normalized spacial score (nSPS) is 12.8. The summed E-state index contributed by atoms with van der Waals surface area (Å²) in [4.78, 5) is 9.10. The van der Waals surface area contributed by atoms with Crippen LogP contribution in [-0.4, -0.2) is 27.7 Å². The summed E-state index contributed by atoms with van der Waals surface area (Å²) >= 11 is 5.94. The van der Waals surface area contributed by atoms with Crippen molar-refractivity contribution in [3.05, 3.63) is 47.4 Å². The minimum absolute atomic E-state index is 0.361. The standard InChI is InChI=1S/C18H23ClN4Si/c1-18(2,3)24(4,5)12-13-8-9-20-14(10-13)15-11-23-17(21-15)7-6-16(19)22-23/h6-11H,12H2,1-5H3. The lowest BCUT2D eigenvalue weighted by Gasteiger charge is -2.37. The zero-order valence-corrected chi connectivity index (χ0v) is 16.6. The fourth-order valence-corrected chi connectivity index (χ4v) is 4.40. The first-order chi connectivity index (χ1) is 11.2. The minimum atomic E-state index is -1.39. The highest BCUT2D eigenvalue weighted by atomic mass is 35.5. The maximum Gasteiger partial charge on any atom is 0.154 e. The number of rotatable bonds is 3. The van der Waals surface area contributed by atoms with Crippen molar-refractivity contribution in [2.24, 2.45) is 0 Å². The van der Waals surface area contributed by atoms with Gasteiger partial charge in [0.2, 0.25) is 0 Å². The molecule has 0 saturated heterocycles. The van der Waals surface area contributed by atoms with Gasteiger partial charge in [0.05, 0.1) is 20.0 Å². The molecule has 0 bridgehead atoms. The van der Waals surface area contributed by atoms with Crippen molar-refractivity contribution < 1.29 is 0 Å². The Balaban J connectivity index is 1.95. The Morgan fingerprint density at radius 1 is 1.12 bits per heavy atom. The van der Waals surface area contributed by atoms with Gasteiger partial charge in [-0.25, -0.2) is 9.50 Å². The van der Waals surface area contributed by atoms with Crippen molar-refractivity contribution in [3.63, 3.8) is 0 Å². The molecule has 0 aliphatic heterocycles. The molecule has 3 aromatic heterocycles. The first-order valence-corrected chi connectivity index (χ1v) is 11.7. The molecule has 0 amide bonds. The number of fused-ring (bicyclic) bond motifs is 1. The van der Waals surface area contributed by atoms with Crippen molar-refractivity contribution in [1.82, 2.24) is 19.6 Å². The van der Waals surface area contributed by atoms with Crippen LogP contribution >= 0.6 is 11.6 Å². The molecule has 0 spiro atoms. The van der Waals surface area contributed by atoms with E-state index >= 15 is 0 Å². The summed E-state index contributed by atoms with van der Waals surface area (Å²) in [5.74, 6) is 0. The highest BCUT2D eigenvalue weighted by Crippen LogP contribution is 2.38. The topological polar surface area (TPSA) is 43.1 Å². The number of hydrogen-bond acceptors (Lipinski definition) is 3. The van der Waals surface area contributed by atoms with Gasteiger partial charge in [0.1, 0.15) is 10.8 Å². The van der Waals surface area contributed by atoms with Crippen LogP contribution in [0.4, 0.5) is 0 Å². The Kier molecular flexibility index (Phi) is 4.26. The Hall–Kier alpha value is -1.72. The first kappa shape index (κ1) is 17.1. The quantitative estimate of drug-likeness (QED) is 0.616. The summed E-state index contributed by atoms with van der Waals surface area (Å²) in [6.07, 6.45) is 3.75. The molecule has 24 heavy (non-hydrogen) atoms. The van der Waals surface area contributed by atoms with E-state index < -0.39 is 8.07 Å². The van der Waals surface area contributed by atoms with Gasteiger partial charge in [-0.2, -0.15) is 5.10 Å². The molecule has 0 saturated carbocycles. The smallest absolute Gasteiger partial charge is 0.154 e.